The largest absolute Gasteiger partial charge is 0.159 e. The first-order valence-corrected chi connectivity index (χ1v) is 6.10. The number of unbranched alkanes of at least 4 members (excludes halogenated alkanes) is 3. The van der Waals surface area contributed by atoms with Crippen LogP contribution in [0.25, 0.3) is 0 Å². The summed E-state index contributed by atoms with van der Waals surface area (Å²) in [4.78, 5) is 0. The van der Waals surface area contributed by atoms with Gasteiger partial charge in [0.2, 0.25) is 0 Å². The van der Waals surface area contributed by atoms with E-state index in [1.165, 1.54) is 50.7 Å². The molecule has 0 aromatic carbocycles. The normalized spacial score (nSPS) is 24.3. The summed E-state index contributed by atoms with van der Waals surface area (Å²) in [6.45, 7) is 2.28. The average molecular weight is 172 g/mol. The number of hydrogen-bond acceptors (Lipinski definition) is 1. The molecule has 66 valence electrons. The zero-order valence-corrected chi connectivity index (χ0v) is 8.46. The molecule has 11 heavy (non-hydrogen) atoms. The van der Waals surface area contributed by atoms with Crippen molar-refractivity contribution < 1.29 is 0 Å². The highest BCUT2D eigenvalue weighted by Crippen LogP contribution is 2.29. The Labute approximate surface area is 75.1 Å². The first-order valence-electron chi connectivity index (χ1n) is 5.05. The van der Waals surface area contributed by atoms with Gasteiger partial charge in [0.25, 0.3) is 0 Å². The molecule has 0 aliphatic carbocycles. The van der Waals surface area contributed by atoms with Gasteiger partial charge in [-0.05, 0) is 25.0 Å². The van der Waals surface area contributed by atoms with Crippen molar-refractivity contribution in [3.63, 3.8) is 0 Å². The Morgan fingerprint density at radius 2 is 2.18 bits per heavy atom. The van der Waals surface area contributed by atoms with Gasteiger partial charge in [-0.1, -0.05) is 32.6 Å². The maximum Gasteiger partial charge on any atom is 0.00473 e. The van der Waals surface area contributed by atoms with Crippen LogP contribution in [0.4, 0.5) is 0 Å². The summed E-state index contributed by atoms with van der Waals surface area (Å²) in [6.07, 6.45) is 10.2. The van der Waals surface area contributed by atoms with Gasteiger partial charge in [-0.3, -0.25) is 0 Å². The van der Waals surface area contributed by atoms with Gasteiger partial charge in [-0.15, -0.1) is 0 Å². The smallest absolute Gasteiger partial charge is 0.00473 e. The monoisotopic (exact) mass is 172 g/mol. The fourth-order valence-corrected chi connectivity index (χ4v) is 3.00. The maximum atomic E-state index is 2.28. The van der Waals surface area contributed by atoms with Crippen molar-refractivity contribution in [1.82, 2.24) is 0 Å². The Balaban J connectivity index is 1.86. The Hall–Kier alpha value is 0.350. The fraction of sp³-hybridized carbons (Fsp3) is 1.00. The molecule has 0 bridgehead atoms. The first kappa shape index (κ1) is 9.44. The molecule has 1 saturated heterocycles. The third kappa shape index (κ3) is 4.05. The zero-order chi connectivity index (χ0) is 7.94. The minimum Gasteiger partial charge on any atom is -0.159 e. The van der Waals surface area contributed by atoms with Crippen LogP contribution >= 0.6 is 11.8 Å². The van der Waals surface area contributed by atoms with Crippen LogP contribution in [0.2, 0.25) is 0 Å². The van der Waals surface area contributed by atoms with Gasteiger partial charge in [0, 0.05) is 5.25 Å². The van der Waals surface area contributed by atoms with Crippen molar-refractivity contribution in [2.75, 3.05) is 5.75 Å². The predicted molar refractivity (Wildman–Crippen MR) is 54.2 cm³/mol. The molecule has 0 N–H and O–H groups in total. The van der Waals surface area contributed by atoms with Gasteiger partial charge in [-0.25, -0.2) is 0 Å². The predicted octanol–water partition coefficient (Wildman–Crippen LogP) is 3.85. The minimum atomic E-state index is 1.03. The van der Waals surface area contributed by atoms with Gasteiger partial charge in [0.05, 0.1) is 0 Å². The van der Waals surface area contributed by atoms with Crippen molar-refractivity contribution in [3.05, 3.63) is 0 Å². The lowest BCUT2D eigenvalue weighted by atomic mass is 10.1. The second kappa shape index (κ2) is 5.93. The molecule has 1 heteroatoms. The second-order valence-electron chi connectivity index (χ2n) is 3.48. The van der Waals surface area contributed by atoms with E-state index in [9.17, 15) is 0 Å². The van der Waals surface area contributed by atoms with Gasteiger partial charge in [0.1, 0.15) is 0 Å². The average Bonchev–Trinajstić information content (AvgIpc) is 2.50. The summed E-state index contributed by atoms with van der Waals surface area (Å²) >= 11 is 2.20. The Kier molecular flexibility index (Phi) is 5.09. The summed E-state index contributed by atoms with van der Waals surface area (Å²) < 4.78 is 0. The standard InChI is InChI=1S/C10H20S/c1-2-3-4-5-7-10-8-6-9-11-10/h10H,2-9H2,1H3/t10-/m0/s1. The SMILES string of the molecule is CCCCCC[C@H]1CCCS1. The van der Waals surface area contributed by atoms with Crippen molar-refractivity contribution in [2.45, 2.75) is 57.1 Å². The Bertz CT molecular complexity index is 84.9. The van der Waals surface area contributed by atoms with E-state index in [-0.39, 0.29) is 0 Å². The van der Waals surface area contributed by atoms with Crippen LogP contribution in [-0.2, 0) is 0 Å². The lowest BCUT2D eigenvalue weighted by molar-refractivity contribution is 0.607. The maximum absolute atomic E-state index is 2.28. The molecule has 1 aliphatic heterocycles. The molecule has 0 spiro atoms. The summed E-state index contributed by atoms with van der Waals surface area (Å²) in [6, 6.07) is 0. The Morgan fingerprint density at radius 3 is 2.82 bits per heavy atom. The minimum absolute atomic E-state index is 1.03. The van der Waals surface area contributed by atoms with Gasteiger partial charge >= 0.3 is 0 Å². The van der Waals surface area contributed by atoms with E-state index in [4.69, 9.17) is 0 Å². The fourth-order valence-electron chi connectivity index (χ4n) is 1.67. The summed E-state index contributed by atoms with van der Waals surface area (Å²) in [5.74, 6) is 1.43. The lowest BCUT2D eigenvalue weighted by Gasteiger charge is -2.06. The van der Waals surface area contributed by atoms with Gasteiger partial charge in [-0.2, -0.15) is 11.8 Å². The van der Waals surface area contributed by atoms with Crippen LogP contribution in [0, 0.1) is 0 Å². The van der Waals surface area contributed by atoms with Crippen LogP contribution in [-0.4, -0.2) is 11.0 Å². The topological polar surface area (TPSA) is 0 Å². The van der Waals surface area contributed by atoms with E-state index in [2.05, 4.69) is 18.7 Å². The molecule has 0 nitrogen and oxygen atoms in total. The third-order valence-electron chi connectivity index (χ3n) is 2.40. The quantitative estimate of drug-likeness (QED) is 0.568. The molecular weight excluding hydrogens is 152 g/mol. The molecule has 1 heterocycles. The molecular formula is C10H20S. The number of rotatable bonds is 5. The summed E-state index contributed by atoms with van der Waals surface area (Å²) in [5.41, 5.74) is 0. The molecule has 0 aromatic rings. The zero-order valence-electron chi connectivity index (χ0n) is 7.64. The second-order valence-corrected chi connectivity index (χ2v) is 4.89. The highest BCUT2D eigenvalue weighted by atomic mass is 32.2. The number of hydrogen-bond donors (Lipinski definition) is 0. The van der Waals surface area contributed by atoms with Crippen LogP contribution < -0.4 is 0 Å². The van der Waals surface area contributed by atoms with Crippen LogP contribution in [0.1, 0.15) is 51.9 Å². The molecule has 1 aliphatic rings. The molecule has 0 radical (unpaired) electrons. The molecule has 0 aromatic heterocycles. The van der Waals surface area contributed by atoms with E-state index in [1.54, 1.807) is 0 Å². The molecule has 0 amide bonds. The Morgan fingerprint density at radius 1 is 1.27 bits per heavy atom. The molecule has 1 fully saturated rings. The highest BCUT2D eigenvalue weighted by Gasteiger charge is 2.13. The van der Waals surface area contributed by atoms with Crippen molar-refractivity contribution >= 4 is 11.8 Å². The van der Waals surface area contributed by atoms with Gasteiger partial charge in [0.15, 0.2) is 0 Å². The van der Waals surface area contributed by atoms with Crippen molar-refractivity contribution in [3.8, 4) is 0 Å². The van der Waals surface area contributed by atoms with Crippen molar-refractivity contribution in [1.29, 1.82) is 0 Å². The molecule has 1 atom stereocenters. The summed E-state index contributed by atoms with van der Waals surface area (Å²) in [5, 5.41) is 1.03. The van der Waals surface area contributed by atoms with Gasteiger partial charge < -0.3 is 0 Å². The van der Waals surface area contributed by atoms with E-state index >= 15 is 0 Å². The van der Waals surface area contributed by atoms with E-state index in [1.807, 2.05) is 0 Å². The van der Waals surface area contributed by atoms with E-state index in [0.717, 1.165) is 5.25 Å². The third-order valence-corrected chi connectivity index (χ3v) is 3.87. The summed E-state index contributed by atoms with van der Waals surface area (Å²) in [7, 11) is 0. The molecule has 0 unspecified atom stereocenters. The van der Waals surface area contributed by atoms with Crippen LogP contribution in [0.5, 0.6) is 0 Å². The van der Waals surface area contributed by atoms with E-state index in [0.29, 0.717) is 0 Å². The highest BCUT2D eigenvalue weighted by molar-refractivity contribution is 8.00. The van der Waals surface area contributed by atoms with Crippen LogP contribution in [0.15, 0.2) is 0 Å². The van der Waals surface area contributed by atoms with Crippen LogP contribution in [0.3, 0.4) is 0 Å². The van der Waals surface area contributed by atoms with E-state index < -0.39 is 0 Å². The van der Waals surface area contributed by atoms with Crippen molar-refractivity contribution in [2.24, 2.45) is 0 Å². The molecule has 0 saturated carbocycles. The number of thioether (sulfide) groups is 1. The lowest BCUT2D eigenvalue weighted by Crippen LogP contribution is -1.95. The molecule has 1 rings (SSSR count). The first-order chi connectivity index (χ1) is 5.43.